The largest absolute Gasteiger partial charge is 0.380 e. The first-order valence-electron chi connectivity index (χ1n) is 6.52. The van der Waals surface area contributed by atoms with Gasteiger partial charge in [0.15, 0.2) is 0 Å². The molecule has 0 aromatic carbocycles. The van der Waals surface area contributed by atoms with Crippen molar-refractivity contribution in [1.82, 2.24) is 10.2 Å². The molecule has 0 aromatic heterocycles. The molecule has 0 saturated carbocycles. The van der Waals surface area contributed by atoms with E-state index in [1.807, 2.05) is 20.8 Å². The molecule has 0 aromatic rings. The van der Waals surface area contributed by atoms with E-state index in [9.17, 15) is 9.59 Å². The minimum atomic E-state index is -0.806. The van der Waals surface area contributed by atoms with E-state index in [-0.39, 0.29) is 17.7 Å². The van der Waals surface area contributed by atoms with Crippen LogP contribution in [0.15, 0.2) is 0 Å². The monoisotopic (exact) mass is 256 g/mol. The number of nitrogens with zero attached hydrogens (tertiary/aromatic N) is 1. The lowest BCUT2D eigenvalue weighted by molar-refractivity contribution is -0.157. The molecule has 104 valence electrons. The summed E-state index contributed by atoms with van der Waals surface area (Å²) in [6.07, 6.45) is 0. The number of hydrogen-bond donors (Lipinski definition) is 1. The molecule has 1 aliphatic heterocycles. The average Bonchev–Trinajstić information content (AvgIpc) is 2.28. The first-order chi connectivity index (χ1) is 8.32. The van der Waals surface area contributed by atoms with Gasteiger partial charge in [-0.3, -0.25) is 9.59 Å². The standard InChI is InChI=1S/C13H24N2O3/c1-6-18-8-7-15-11(16)10(9(2)3)14-12(17)13(15,4)5/h9-10H,6-8H2,1-5H3,(H,14,17). The van der Waals surface area contributed by atoms with E-state index in [1.54, 1.807) is 18.7 Å². The Bertz CT molecular complexity index is 326. The smallest absolute Gasteiger partial charge is 0.246 e. The highest BCUT2D eigenvalue weighted by molar-refractivity contribution is 5.99. The summed E-state index contributed by atoms with van der Waals surface area (Å²) in [4.78, 5) is 26.1. The summed E-state index contributed by atoms with van der Waals surface area (Å²) >= 11 is 0. The van der Waals surface area contributed by atoms with Crippen LogP contribution in [0, 0.1) is 5.92 Å². The second kappa shape index (κ2) is 5.69. The van der Waals surface area contributed by atoms with Crippen LogP contribution < -0.4 is 5.32 Å². The molecule has 0 aliphatic carbocycles. The van der Waals surface area contributed by atoms with Crippen molar-refractivity contribution in [1.29, 1.82) is 0 Å². The van der Waals surface area contributed by atoms with Crippen LogP contribution in [0.4, 0.5) is 0 Å². The normalized spacial score (nSPS) is 23.4. The molecule has 1 rings (SSSR count). The number of carbonyl (C=O) groups is 2. The molecular weight excluding hydrogens is 232 g/mol. The molecule has 1 heterocycles. The zero-order valence-electron chi connectivity index (χ0n) is 11.9. The van der Waals surface area contributed by atoms with Gasteiger partial charge in [0.1, 0.15) is 11.6 Å². The zero-order valence-corrected chi connectivity index (χ0v) is 11.9. The van der Waals surface area contributed by atoms with Crippen LogP contribution in [0.2, 0.25) is 0 Å². The Morgan fingerprint density at radius 1 is 1.39 bits per heavy atom. The predicted molar refractivity (Wildman–Crippen MR) is 69.1 cm³/mol. The third-order valence-corrected chi connectivity index (χ3v) is 3.38. The van der Waals surface area contributed by atoms with E-state index in [4.69, 9.17) is 4.74 Å². The summed E-state index contributed by atoms with van der Waals surface area (Å²) in [6.45, 7) is 10.8. The lowest BCUT2D eigenvalue weighted by Gasteiger charge is -2.45. The van der Waals surface area contributed by atoms with Gasteiger partial charge < -0.3 is 15.0 Å². The Labute approximate surface area is 109 Å². The number of ether oxygens (including phenoxy) is 1. The van der Waals surface area contributed by atoms with Gasteiger partial charge in [-0.1, -0.05) is 13.8 Å². The summed E-state index contributed by atoms with van der Waals surface area (Å²) in [5, 5.41) is 2.81. The van der Waals surface area contributed by atoms with Gasteiger partial charge in [0, 0.05) is 13.2 Å². The van der Waals surface area contributed by atoms with Gasteiger partial charge in [0.25, 0.3) is 0 Å². The first-order valence-corrected chi connectivity index (χ1v) is 6.52. The minimum Gasteiger partial charge on any atom is -0.380 e. The number of carbonyl (C=O) groups excluding carboxylic acids is 2. The van der Waals surface area contributed by atoms with E-state index in [0.717, 1.165) is 0 Å². The summed E-state index contributed by atoms with van der Waals surface area (Å²) in [7, 11) is 0. The van der Waals surface area contributed by atoms with Crippen LogP contribution in [-0.4, -0.2) is 48.1 Å². The molecule has 1 unspecified atom stereocenters. The SMILES string of the molecule is CCOCCN1C(=O)C(C(C)C)NC(=O)C1(C)C. The fourth-order valence-electron chi connectivity index (χ4n) is 2.09. The minimum absolute atomic E-state index is 0.0192. The second-order valence-electron chi connectivity index (χ2n) is 5.44. The Hall–Kier alpha value is -1.10. The van der Waals surface area contributed by atoms with Gasteiger partial charge >= 0.3 is 0 Å². The summed E-state index contributed by atoms with van der Waals surface area (Å²) in [5.41, 5.74) is -0.806. The highest BCUT2D eigenvalue weighted by atomic mass is 16.5. The topological polar surface area (TPSA) is 58.6 Å². The van der Waals surface area contributed by atoms with Gasteiger partial charge in [-0.05, 0) is 26.7 Å². The molecule has 5 heteroatoms. The van der Waals surface area contributed by atoms with E-state index >= 15 is 0 Å². The number of piperazine rings is 1. The fourth-order valence-corrected chi connectivity index (χ4v) is 2.09. The van der Waals surface area contributed by atoms with Gasteiger partial charge in [0.05, 0.1) is 6.61 Å². The number of nitrogens with one attached hydrogen (secondary N) is 1. The maximum Gasteiger partial charge on any atom is 0.246 e. The molecule has 5 nitrogen and oxygen atoms in total. The summed E-state index contributed by atoms with van der Waals surface area (Å²) in [6, 6.07) is -0.424. The molecule has 0 spiro atoms. The Balaban J connectivity index is 2.85. The van der Waals surface area contributed by atoms with E-state index in [0.29, 0.717) is 19.8 Å². The predicted octanol–water partition coefficient (Wildman–Crippen LogP) is 0.784. The van der Waals surface area contributed by atoms with Crippen molar-refractivity contribution in [2.45, 2.75) is 46.2 Å². The average molecular weight is 256 g/mol. The van der Waals surface area contributed by atoms with Crippen molar-refractivity contribution >= 4 is 11.8 Å². The Morgan fingerprint density at radius 2 is 2.00 bits per heavy atom. The quantitative estimate of drug-likeness (QED) is 0.740. The van der Waals surface area contributed by atoms with Crippen LogP contribution in [0.5, 0.6) is 0 Å². The van der Waals surface area contributed by atoms with Crippen LogP contribution >= 0.6 is 0 Å². The fraction of sp³-hybridized carbons (Fsp3) is 0.846. The Morgan fingerprint density at radius 3 is 2.50 bits per heavy atom. The molecule has 1 saturated heterocycles. The van der Waals surface area contributed by atoms with Crippen molar-refractivity contribution in [2.75, 3.05) is 19.8 Å². The van der Waals surface area contributed by atoms with Crippen LogP contribution in [0.25, 0.3) is 0 Å². The molecule has 2 amide bonds. The van der Waals surface area contributed by atoms with Crippen molar-refractivity contribution in [3.8, 4) is 0 Å². The summed E-state index contributed by atoms with van der Waals surface area (Å²) < 4.78 is 5.28. The maximum absolute atomic E-state index is 12.4. The lowest BCUT2D eigenvalue weighted by atomic mass is 9.91. The van der Waals surface area contributed by atoms with Crippen molar-refractivity contribution in [3.05, 3.63) is 0 Å². The Kier molecular flexibility index (Phi) is 4.73. The van der Waals surface area contributed by atoms with E-state index in [1.165, 1.54) is 0 Å². The first kappa shape index (κ1) is 15.0. The molecular formula is C13H24N2O3. The van der Waals surface area contributed by atoms with Gasteiger partial charge in [0.2, 0.25) is 11.8 Å². The molecule has 1 atom stereocenters. The van der Waals surface area contributed by atoms with Crippen molar-refractivity contribution < 1.29 is 14.3 Å². The molecule has 1 aliphatic rings. The number of rotatable bonds is 5. The molecule has 0 radical (unpaired) electrons. The molecule has 18 heavy (non-hydrogen) atoms. The second-order valence-corrected chi connectivity index (χ2v) is 5.44. The maximum atomic E-state index is 12.4. The van der Waals surface area contributed by atoms with E-state index in [2.05, 4.69) is 5.32 Å². The van der Waals surface area contributed by atoms with Crippen molar-refractivity contribution in [2.24, 2.45) is 5.92 Å². The third-order valence-electron chi connectivity index (χ3n) is 3.38. The van der Waals surface area contributed by atoms with Gasteiger partial charge in [-0.15, -0.1) is 0 Å². The van der Waals surface area contributed by atoms with Crippen LogP contribution in [0.3, 0.4) is 0 Å². The molecule has 1 fully saturated rings. The third kappa shape index (κ3) is 2.83. The molecule has 1 N–H and O–H groups in total. The van der Waals surface area contributed by atoms with E-state index < -0.39 is 11.6 Å². The highest BCUT2D eigenvalue weighted by Crippen LogP contribution is 2.23. The van der Waals surface area contributed by atoms with Crippen molar-refractivity contribution in [3.63, 3.8) is 0 Å². The summed E-state index contributed by atoms with van der Waals surface area (Å²) in [5.74, 6) is -0.0289. The number of hydrogen-bond acceptors (Lipinski definition) is 3. The van der Waals surface area contributed by atoms with Crippen LogP contribution in [0.1, 0.15) is 34.6 Å². The molecule has 0 bridgehead atoms. The van der Waals surface area contributed by atoms with Crippen LogP contribution in [-0.2, 0) is 14.3 Å². The van der Waals surface area contributed by atoms with Gasteiger partial charge in [-0.2, -0.15) is 0 Å². The number of amides is 2. The highest BCUT2D eigenvalue weighted by Gasteiger charge is 2.46. The lowest BCUT2D eigenvalue weighted by Crippen LogP contribution is -2.69. The zero-order chi connectivity index (χ0) is 13.9. The van der Waals surface area contributed by atoms with Gasteiger partial charge in [-0.25, -0.2) is 0 Å².